The minimum atomic E-state index is -0.0443. The van der Waals surface area contributed by atoms with Crippen molar-refractivity contribution in [3.8, 4) is 0 Å². The Labute approximate surface area is 125 Å². The highest BCUT2D eigenvalue weighted by molar-refractivity contribution is 5.00. The molecule has 2 aliphatic rings. The van der Waals surface area contributed by atoms with E-state index in [2.05, 4.69) is 26.2 Å². The molecule has 0 heterocycles. The fourth-order valence-electron chi connectivity index (χ4n) is 4.75. The van der Waals surface area contributed by atoms with Crippen molar-refractivity contribution >= 4 is 0 Å². The van der Waals surface area contributed by atoms with E-state index in [0.717, 1.165) is 30.6 Å². The van der Waals surface area contributed by atoms with E-state index in [9.17, 15) is 0 Å². The molecule has 0 radical (unpaired) electrons. The molecule has 0 aliphatic heterocycles. The van der Waals surface area contributed by atoms with E-state index in [1.165, 1.54) is 32.1 Å². The van der Waals surface area contributed by atoms with Crippen LogP contribution in [0.25, 0.3) is 0 Å². The topological polar surface area (TPSA) is 47.3 Å². The Balaban J connectivity index is 2.12. The summed E-state index contributed by atoms with van der Waals surface area (Å²) in [4.78, 5) is 0. The van der Waals surface area contributed by atoms with Crippen molar-refractivity contribution in [3.63, 3.8) is 0 Å². The lowest BCUT2D eigenvalue weighted by Gasteiger charge is -2.49. The van der Waals surface area contributed by atoms with Crippen LogP contribution in [0.3, 0.4) is 0 Å². The number of hydrogen-bond acceptors (Lipinski definition) is 3. The molecule has 6 atom stereocenters. The van der Waals surface area contributed by atoms with Crippen LogP contribution in [0.4, 0.5) is 0 Å². The van der Waals surface area contributed by atoms with Crippen molar-refractivity contribution in [1.29, 1.82) is 0 Å². The van der Waals surface area contributed by atoms with E-state index in [1.54, 1.807) is 0 Å². The first-order chi connectivity index (χ1) is 9.52. The minimum absolute atomic E-state index is 0.0443. The van der Waals surface area contributed by atoms with Crippen LogP contribution < -0.4 is 11.3 Å². The molecule has 0 amide bonds. The summed E-state index contributed by atoms with van der Waals surface area (Å²) in [5, 5.41) is 0. The van der Waals surface area contributed by atoms with E-state index < -0.39 is 0 Å². The summed E-state index contributed by atoms with van der Waals surface area (Å²) >= 11 is 0. The standard InChI is InChI=1S/C17H34N2O/c1-12-6-5-9-17(11-12,20-4)16(19-18)15-8-7-13(2)14(3)10-15/h12-16,19H,5-11,18H2,1-4H3. The summed E-state index contributed by atoms with van der Waals surface area (Å²) in [5.41, 5.74) is 3.12. The molecule has 6 unspecified atom stereocenters. The van der Waals surface area contributed by atoms with E-state index in [4.69, 9.17) is 10.6 Å². The fourth-order valence-corrected chi connectivity index (χ4v) is 4.75. The molecule has 2 saturated carbocycles. The average Bonchev–Trinajstić information content (AvgIpc) is 2.43. The largest absolute Gasteiger partial charge is 0.377 e. The van der Waals surface area contributed by atoms with Crippen molar-refractivity contribution in [2.45, 2.75) is 77.4 Å². The predicted molar refractivity (Wildman–Crippen MR) is 84.2 cm³/mol. The molecular formula is C17H34N2O. The quantitative estimate of drug-likeness (QED) is 0.613. The molecule has 0 aromatic heterocycles. The summed E-state index contributed by atoms with van der Waals surface area (Å²) in [5.74, 6) is 9.06. The summed E-state index contributed by atoms with van der Waals surface area (Å²) in [6.45, 7) is 7.14. The van der Waals surface area contributed by atoms with Crippen molar-refractivity contribution in [2.24, 2.45) is 29.5 Å². The van der Waals surface area contributed by atoms with Gasteiger partial charge in [0.1, 0.15) is 0 Å². The smallest absolute Gasteiger partial charge is 0.0849 e. The van der Waals surface area contributed by atoms with Crippen LogP contribution in [0.1, 0.15) is 65.7 Å². The maximum absolute atomic E-state index is 6.08. The number of ether oxygens (including phenoxy) is 1. The molecule has 0 saturated heterocycles. The number of nitrogens with two attached hydrogens (primary N) is 1. The van der Waals surface area contributed by atoms with Gasteiger partial charge in [-0.3, -0.25) is 11.3 Å². The lowest BCUT2D eigenvalue weighted by atomic mass is 9.65. The van der Waals surface area contributed by atoms with Gasteiger partial charge in [-0.2, -0.15) is 0 Å². The van der Waals surface area contributed by atoms with Gasteiger partial charge in [0.15, 0.2) is 0 Å². The Morgan fingerprint density at radius 2 is 1.90 bits per heavy atom. The van der Waals surface area contributed by atoms with Crippen molar-refractivity contribution in [2.75, 3.05) is 7.11 Å². The SMILES string of the molecule is COC1(C(NN)C2CCC(C)C(C)C2)CCCC(C)C1. The molecule has 0 spiro atoms. The predicted octanol–water partition coefficient (Wildman–Crippen LogP) is 3.49. The first kappa shape index (κ1) is 16.3. The summed E-state index contributed by atoms with van der Waals surface area (Å²) in [6.07, 6.45) is 8.82. The van der Waals surface area contributed by atoms with Crippen LogP contribution in [0.15, 0.2) is 0 Å². The normalized spacial score (nSPS) is 44.2. The molecule has 2 fully saturated rings. The number of hydrogen-bond donors (Lipinski definition) is 2. The van der Waals surface area contributed by atoms with Crippen molar-refractivity contribution in [1.82, 2.24) is 5.43 Å². The first-order valence-electron chi connectivity index (χ1n) is 8.53. The molecule has 2 aliphatic carbocycles. The highest BCUT2D eigenvalue weighted by atomic mass is 16.5. The van der Waals surface area contributed by atoms with Gasteiger partial charge in [-0.15, -0.1) is 0 Å². The zero-order chi connectivity index (χ0) is 14.8. The Hall–Kier alpha value is -0.120. The molecular weight excluding hydrogens is 248 g/mol. The van der Waals surface area contributed by atoms with Crippen LogP contribution in [-0.2, 0) is 4.74 Å². The Morgan fingerprint density at radius 1 is 1.15 bits per heavy atom. The Morgan fingerprint density at radius 3 is 2.45 bits per heavy atom. The summed E-state index contributed by atoms with van der Waals surface area (Å²) in [6, 6.07) is 0.310. The average molecular weight is 282 g/mol. The number of rotatable bonds is 4. The first-order valence-corrected chi connectivity index (χ1v) is 8.53. The number of nitrogens with one attached hydrogen (secondary N) is 1. The second-order valence-corrected chi connectivity index (χ2v) is 7.64. The van der Waals surface area contributed by atoms with Gasteiger partial charge in [0.05, 0.1) is 11.6 Å². The zero-order valence-corrected chi connectivity index (χ0v) is 13.8. The van der Waals surface area contributed by atoms with Crippen molar-refractivity contribution < 1.29 is 4.74 Å². The van der Waals surface area contributed by atoms with Crippen LogP contribution in [0.5, 0.6) is 0 Å². The lowest BCUT2D eigenvalue weighted by molar-refractivity contribution is -0.0990. The van der Waals surface area contributed by atoms with Crippen LogP contribution in [0, 0.1) is 23.7 Å². The van der Waals surface area contributed by atoms with Gasteiger partial charge in [0.2, 0.25) is 0 Å². The molecule has 3 nitrogen and oxygen atoms in total. The second-order valence-electron chi connectivity index (χ2n) is 7.64. The molecule has 118 valence electrons. The number of methoxy groups -OCH3 is 1. The Kier molecular flexibility index (Phi) is 5.49. The third kappa shape index (κ3) is 3.20. The zero-order valence-electron chi connectivity index (χ0n) is 13.8. The number of hydrazine groups is 1. The van der Waals surface area contributed by atoms with Crippen LogP contribution in [-0.4, -0.2) is 18.8 Å². The Bertz CT molecular complexity index is 309. The monoisotopic (exact) mass is 282 g/mol. The van der Waals surface area contributed by atoms with Gasteiger partial charge >= 0.3 is 0 Å². The molecule has 0 aromatic carbocycles. The summed E-state index contributed by atoms with van der Waals surface area (Å²) in [7, 11) is 1.89. The maximum Gasteiger partial charge on any atom is 0.0849 e. The van der Waals surface area contributed by atoms with Crippen LogP contribution in [0.2, 0.25) is 0 Å². The highest BCUT2D eigenvalue weighted by Crippen LogP contribution is 2.44. The molecule has 0 aromatic rings. The molecule has 0 bridgehead atoms. The minimum Gasteiger partial charge on any atom is -0.377 e. The lowest BCUT2D eigenvalue weighted by Crippen LogP contribution is -2.60. The fraction of sp³-hybridized carbons (Fsp3) is 1.00. The third-order valence-corrected chi connectivity index (χ3v) is 6.25. The van der Waals surface area contributed by atoms with Gasteiger partial charge in [-0.1, -0.05) is 40.0 Å². The van der Waals surface area contributed by atoms with Gasteiger partial charge in [-0.25, -0.2) is 0 Å². The third-order valence-electron chi connectivity index (χ3n) is 6.25. The van der Waals surface area contributed by atoms with Gasteiger partial charge in [0, 0.05) is 7.11 Å². The second kappa shape index (κ2) is 6.76. The van der Waals surface area contributed by atoms with E-state index in [0.29, 0.717) is 12.0 Å². The molecule has 3 N–H and O–H groups in total. The van der Waals surface area contributed by atoms with Crippen molar-refractivity contribution in [3.05, 3.63) is 0 Å². The highest BCUT2D eigenvalue weighted by Gasteiger charge is 2.46. The molecule has 2 rings (SSSR count). The maximum atomic E-state index is 6.08. The van der Waals surface area contributed by atoms with E-state index in [1.807, 2.05) is 7.11 Å². The molecule has 20 heavy (non-hydrogen) atoms. The van der Waals surface area contributed by atoms with Gasteiger partial charge in [0.25, 0.3) is 0 Å². The summed E-state index contributed by atoms with van der Waals surface area (Å²) < 4.78 is 6.08. The molecule has 3 heteroatoms. The van der Waals surface area contributed by atoms with Crippen LogP contribution >= 0.6 is 0 Å². The van der Waals surface area contributed by atoms with E-state index >= 15 is 0 Å². The van der Waals surface area contributed by atoms with Gasteiger partial charge < -0.3 is 4.74 Å². The van der Waals surface area contributed by atoms with E-state index in [-0.39, 0.29) is 5.60 Å². The van der Waals surface area contributed by atoms with Gasteiger partial charge in [-0.05, 0) is 49.4 Å².